The van der Waals surface area contributed by atoms with Crippen LogP contribution in [0.5, 0.6) is 0 Å². The van der Waals surface area contributed by atoms with Crippen LogP contribution in [0.1, 0.15) is 38.1 Å². The quantitative estimate of drug-likeness (QED) is 0.890. The summed E-state index contributed by atoms with van der Waals surface area (Å²) in [6, 6.07) is 5.41. The number of hydrogen-bond donors (Lipinski definition) is 1. The highest BCUT2D eigenvalue weighted by Crippen LogP contribution is 2.52. The molecule has 3 heteroatoms. The topological polar surface area (TPSA) is 21.3 Å². The van der Waals surface area contributed by atoms with E-state index in [4.69, 9.17) is 4.74 Å². The van der Waals surface area contributed by atoms with Gasteiger partial charge in [0.15, 0.2) is 0 Å². The minimum atomic E-state index is 0.284. The zero-order valence-electron chi connectivity index (χ0n) is 10.8. The van der Waals surface area contributed by atoms with Crippen molar-refractivity contribution in [2.24, 2.45) is 11.3 Å². The molecule has 17 heavy (non-hydrogen) atoms. The van der Waals surface area contributed by atoms with Gasteiger partial charge >= 0.3 is 0 Å². The predicted molar refractivity (Wildman–Crippen MR) is 71.3 cm³/mol. The third kappa shape index (κ3) is 1.76. The minimum Gasteiger partial charge on any atom is -0.377 e. The van der Waals surface area contributed by atoms with Crippen molar-refractivity contribution in [3.05, 3.63) is 22.4 Å². The molecule has 1 N–H and O–H groups in total. The van der Waals surface area contributed by atoms with Gasteiger partial charge in [-0.05, 0) is 24.8 Å². The molecule has 0 amide bonds. The van der Waals surface area contributed by atoms with Crippen molar-refractivity contribution >= 4 is 11.3 Å². The Morgan fingerprint density at radius 1 is 1.53 bits per heavy atom. The molecule has 1 aliphatic heterocycles. The first-order chi connectivity index (χ1) is 8.10. The molecule has 1 aromatic heterocycles. The van der Waals surface area contributed by atoms with Gasteiger partial charge in [-0.25, -0.2) is 0 Å². The van der Waals surface area contributed by atoms with E-state index in [0.717, 1.165) is 12.5 Å². The van der Waals surface area contributed by atoms with Crippen molar-refractivity contribution in [3.63, 3.8) is 0 Å². The van der Waals surface area contributed by atoms with Crippen molar-refractivity contribution in [3.8, 4) is 0 Å². The Hall–Kier alpha value is -0.380. The fourth-order valence-corrected chi connectivity index (χ4v) is 4.30. The molecule has 1 saturated carbocycles. The zero-order valence-corrected chi connectivity index (χ0v) is 11.6. The number of ether oxygens (including phenoxy) is 1. The largest absolute Gasteiger partial charge is 0.377 e. The van der Waals surface area contributed by atoms with Crippen LogP contribution >= 0.6 is 11.3 Å². The lowest BCUT2D eigenvalue weighted by Crippen LogP contribution is -2.66. The number of fused-ring (bicyclic) bond motifs is 1. The number of hydrogen-bond acceptors (Lipinski definition) is 3. The van der Waals surface area contributed by atoms with Crippen LogP contribution in [-0.4, -0.2) is 18.8 Å². The molecule has 1 aromatic rings. The highest BCUT2D eigenvalue weighted by molar-refractivity contribution is 7.10. The Labute approximate surface area is 107 Å². The second-order valence-corrected chi connectivity index (χ2v) is 6.93. The lowest BCUT2D eigenvalue weighted by Gasteiger charge is -2.55. The lowest BCUT2D eigenvalue weighted by molar-refractivity contribution is -0.115. The molecule has 2 aliphatic rings. The van der Waals surface area contributed by atoms with Crippen molar-refractivity contribution in [2.75, 3.05) is 6.61 Å². The molecule has 2 heterocycles. The molecule has 1 saturated heterocycles. The molecule has 4 atom stereocenters. The van der Waals surface area contributed by atoms with Crippen molar-refractivity contribution in [1.29, 1.82) is 0 Å². The highest BCUT2D eigenvalue weighted by Gasteiger charge is 2.59. The highest BCUT2D eigenvalue weighted by atomic mass is 32.1. The van der Waals surface area contributed by atoms with Gasteiger partial charge in [-0.3, -0.25) is 0 Å². The average Bonchev–Trinajstić information content (AvgIpc) is 2.95. The van der Waals surface area contributed by atoms with Gasteiger partial charge in [-0.2, -0.15) is 0 Å². The summed E-state index contributed by atoms with van der Waals surface area (Å²) < 4.78 is 5.83. The second kappa shape index (κ2) is 4.08. The molecule has 1 aliphatic carbocycles. The first-order valence-corrected chi connectivity index (χ1v) is 7.39. The van der Waals surface area contributed by atoms with Gasteiger partial charge in [0.25, 0.3) is 0 Å². The molecule has 2 fully saturated rings. The number of nitrogens with one attached hydrogen (secondary N) is 1. The van der Waals surface area contributed by atoms with Crippen LogP contribution in [-0.2, 0) is 4.74 Å². The fourth-order valence-electron chi connectivity index (χ4n) is 3.55. The maximum absolute atomic E-state index is 5.83. The van der Waals surface area contributed by atoms with Crippen LogP contribution in [0.4, 0.5) is 0 Å². The van der Waals surface area contributed by atoms with E-state index < -0.39 is 0 Å². The van der Waals surface area contributed by atoms with Crippen LogP contribution in [0.25, 0.3) is 0 Å². The SMILES string of the molecule is CC(NC1C2CCOC2C1(C)C)c1cccs1. The van der Waals surface area contributed by atoms with Crippen LogP contribution in [0, 0.1) is 11.3 Å². The molecule has 0 spiro atoms. The maximum atomic E-state index is 5.83. The second-order valence-electron chi connectivity index (χ2n) is 5.95. The third-order valence-electron chi connectivity index (χ3n) is 4.50. The van der Waals surface area contributed by atoms with Crippen LogP contribution in [0.2, 0.25) is 0 Å². The zero-order chi connectivity index (χ0) is 12.0. The molecular weight excluding hydrogens is 230 g/mol. The standard InChI is InChI=1S/C14H21NOS/c1-9(11-5-4-8-17-11)15-12-10-6-7-16-13(10)14(12,2)3/h4-5,8-10,12-13,15H,6-7H2,1-3H3. The van der Waals surface area contributed by atoms with Gasteiger partial charge in [0.1, 0.15) is 0 Å². The molecular formula is C14H21NOS. The Balaban J connectivity index is 1.69. The minimum absolute atomic E-state index is 0.284. The molecule has 0 aromatic carbocycles. The fraction of sp³-hybridized carbons (Fsp3) is 0.714. The predicted octanol–water partition coefficient (Wildman–Crippen LogP) is 3.21. The van der Waals surface area contributed by atoms with Gasteiger partial charge in [0.2, 0.25) is 0 Å². The summed E-state index contributed by atoms with van der Waals surface area (Å²) in [6.07, 6.45) is 1.71. The number of thiophene rings is 1. The summed E-state index contributed by atoms with van der Waals surface area (Å²) in [5.41, 5.74) is 0.284. The van der Waals surface area contributed by atoms with Crippen molar-refractivity contribution in [1.82, 2.24) is 5.32 Å². The summed E-state index contributed by atoms with van der Waals surface area (Å²) in [5, 5.41) is 5.96. The van der Waals surface area contributed by atoms with E-state index in [1.165, 1.54) is 11.3 Å². The van der Waals surface area contributed by atoms with Crippen LogP contribution in [0.3, 0.4) is 0 Å². The van der Waals surface area contributed by atoms with Gasteiger partial charge in [0, 0.05) is 34.9 Å². The van der Waals surface area contributed by atoms with E-state index in [1.54, 1.807) is 0 Å². The Kier molecular flexibility index (Phi) is 2.80. The smallest absolute Gasteiger partial charge is 0.0685 e. The summed E-state index contributed by atoms with van der Waals surface area (Å²) >= 11 is 1.84. The van der Waals surface area contributed by atoms with Crippen LogP contribution in [0.15, 0.2) is 17.5 Å². The van der Waals surface area contributed by atoms with E-state index in [1.807, 2.05) is 11.3 Å². The molecule has 94 valence electrons. The normalized spacial score (nSPS) is 36.3. The Bertz CT molecular complexity index is 387. The summed E-state index contributed by atoms with van der Waals surface area (Å²) in [6.45, 7) is 7.88. The third-order valence-corrected chi connectivity index (χ3v) is 5.56. The Morgan fingerprint density at radius 3 is 3.06 bits per heavy atom. The van der Waals surface area contributed by atoms with Gasteiger partial charge in [-0.15, -0.1) is 11.3 Å². The van der Waals surface area contributed by atoms with Crippen LogP contribution < -0.4 is 5.32 Å². The van der Waals surface area contributed by atoms with Gasteiger partial charge < -0.3 is 10.1 Å². The molecule has 0 radical (unpaired) electrons. The van der Waals surface area contributed by atoms with E-state index >= 15 is 0 Å². The van der Waals surface area contributed by atoms with Crippen molar-refractivity contribution < 1.29 is 4.74 Å². The summed E-state index contributed by atoms with van der Waals surface area (Å²) in [4.78, 5) is 1.43. The first kappa shape index (κ1) is 11.7. The molecule has 0 bridgehead atoms. The van der Waals surface area contributed by atoms with E-state index in [0.29, 0.717) is 18.2 Å². The first-order valence-electron chi connectivity index (χ1n) is 6.52. The molecule has 3 rings (SSSR count). The van der Waals surface area contributed by atoms with E-state index in [9.17, 15) is 0 Å². The average molecular weight is 251 g/mol. The number of rotatable bonds is 3. The monoisotopic (exact) mass is 251 g/mol. The molecule has 2 nitrogen and oxygen atoms in total. The maximum Gasteiger partial charge on any atom is 0.0685 e. The van der Waals surface area contributed by atoms with E-state index in [-0.39, 0.29) is 5.41 Å². The lowest BCUT2D eigenvalue weighted by atomic mass is 9.57. The molecule has 4 unspecified atom stereocenters. The van der Waals surface area contributed by atoms with Gasteiger partial charge in [-0.1, -0.05) is 19.9 Å². The Morgan fingerprint density at radius 2 is 2.35 bits per heavy atom. The van der Waals surface area contributed by atoms with Crippen molar-refractivity contribution in [2.45, 2.75) is 45.4 Å². The van der Waals surface area contributed by atoms with Gasteiger partial charge in [0.05, 0.1) is 6.10 Å². The summed E-state index contributed by atoms with van der Waals surface area (Å²) in [5.74, 6) is 0.729. The van der Waals surface area contributed by atoms with E-state index in [2.05, 4.69) is 43.6 Å². The summed E-state index contributed by atoms with van der Waals surface area (Å²) in [7, 11) is 0.